The fraction of sp³-hybridized carbons (Fsp3) is 0.588. The molecule has 0 unspecified atom stereocenters. The zero-order valence-corrected chi connectivity index (χ0v) is 14.9. The minimum atomic E-state index is -3.51. The molecule has 1 fully saturated rings. The summed E-state index contributed by atoms with van der Waals surface area (Å²) in [7, 11) is -3.51. The number of nitrogens with zero attached hydrogens (tertiary/aromatic N) is 1. The minimum absolute atomic E-state index is 0.0323. The first-order chi connectivity index (χ1) is 10.8. The van der Waals surface area contributed by atoms with Crippen LogP contribution in [0.15, 0.2) is 29.2 Å². The zero-order chi connectivity index (χ0) is 17.0. The number of sulfonamides is 1. The number of carbonyl (C=O) groups excluding carboxylic acids is 1. The van der Waals surface area contributed by atoms with Crippen molar-refractivity contribution in [1.82, 2.24) is 9.62 Å². The Balaban J connectivity index is 2.20. The number of piperidine rings is 1. The largest absolute Gasteiger partial charge is 0.349 e. The molecule has 1 aromatic carbocycles. The average Bonchev–Trinajstić information content (AvgIpc) is 2.55. The number of nitrogens with one attached hydrogen (secondary N) is 1. The molecular weight excluding hydrogens is 312 g/mol. The van der Waals surface area contributed by atoms with Gasteiger partial charge in [0.2, 0.25) is 10.0 Å². The highest BCUT2D eigenvalue weighted by atomic mass is 32.2. The topological polar surface area (TPSA) is 66.5 Å². The van der Waals surface area contributed by atoms with E-state index < -0.39 is 10.0 Å². The lowest BCUT2D eigenvalue weighted by Gasteiger charge is -2.26. The van der Waals surface area contributed by atoms with Gasteiger partial charge in [0.05, 0.1) is 4.90 Å². The predicted octanol–water partition coefficient (Wildman–Crippen LogP) is 2.64. The van der Waals surface area contributed by atoms with Crippen molar-refractivity contribution < 1.29 is 13.2 Å². The number of benzene rings is 1. The van der Waals surface area contributed by atoms with Crippen molar-refractivity contribution in [1.29, 1.82) is 0 Å². The summed E-state index contributed by atoms with van der Waals surface area (Å²) in [6.07, 6.45) is 2.86. The number of hydrogen-bond donors (Lipinski definition) is 1. The predicted molar refractivity (Wildman–Crippen MR) is 90.8 cm³/mol. The summed E-state index contributed by atoms with van der Waals surface area (Å²) >= 11 is 0. The molecule has 1 amide bonds. The molecule has 1 N–H and O–H groups in total. The summed E-state index contributed by atoms with van der Waals surface area (Å²) in [5.41, 5.74) is 0.385. The maximum absolute atomic E-state index is 12.7. The molecule has 0 aliphatic carbocycles. The lowest BCUT2D eigenvalue weighted by atomic mass is 10.1. The second kappa shape index (κ2) is 7.45. The summed E-state index contributed by atoms with van der Waals surface area (Å²) in [6.45, 7) is 7.12. The van der Waals surface area contributed by atoms with E-state index in [-0.39, 0.29) is 16.8 Å². The van der Waals surface area contributed by atoms with Gasteiger partial charge in [-0.05, 0) is 43.9 Å². The Hall–Kier alpha value is -1.40. The van der Waals surface area contributed by atoms with Crippen molar-refractivity contribution in [2.75, 3.05) is 13.1 Å². The lowest BCUT2D eigenvalue weighted by Crippen LogP contribution is -2.37. The maximum atomic E-state index is 12.7. The number of amides is 1. The van der Waals surface area contributed by atoms with Crippen LogP contribution in [0, 0.1) is 5.92 Å². The van der Waals surface area contributed by atoms with Gasteiger partial charge in [-0.1, -0.05) is 26.3 Å². The van der Waals surface area contributed by atoms with Gasteiger partial charge in [-0.25, -0.2) is 8.42 Å². The van der Waals surface area contributed by atoms with Gasteiger partial charge < -0.3 is 5.32 Å². The van der Waals surface area contributed by atoms with E-state index in [0.717, 1.165) is 19.3 Å². The third-order valence-corrected chi connectivity index (χ3v) is 6.30. The van der Waals surface area contributed by atoms with Crippen LogP contribution in [0.1, 0.15) is 50.4 Å². The van der Waals surface area contributed by atoms with Crippen LogP contribution in [0.5, 0.6) is 0 Å². The highest BCUT2D eigenvalue weighted by Crippen LogP contribution is 2.21. The van der Waals surface area contributed by atoms with E-state index in [1.165, 1.54) is 10.4 Å². The van der Waals surface area contributed by atoms with Crippen LogP contribution in [0.3, 0.4) is 0 Å². The number of carbonyl (C=O) groups is 1. The third kappa shape index (κ3) is 4.32. The Kier molecular flexibility index (Phi) is 5.81. The molecule has 1 atom stereocenters. The van der Waals surface area contributed by atoms with Crippen LogP contribution in [0.25, 0.3) is 0 Å². The molecule has 0 radical (unpaired) electrons. The molecule has 0 saturated carbocycles. The van der Waals surface area contributed by atoms with Crippen LogP contribution in [-0.4, -0.2) is 37.8 Å². The van der Waals surface area contributed by atoms with Crippen molar-refractivity contribution in [2.45, 2.75) is 51.0 Å². The molecule has 1 aliphatic heterocycles. The number of hydrogen-bond acceptors (Lipinski definition) is 3. The van der Waals surface area contributed by atoms with Crippen molar-refractivity contribution >= 4 is 15.9 Å². The van der Waals surface area contributed by atoms with Gasteiger partial charge in [0, 0.05) is 24.7 Å². The summed E-state index contributed by atoms with van der Waals surface area (Å²) in [4.78, 5) is 12.5. The summed E-state index contributed by atoms with van der Waals surface area (Å²) < 4.78 is 26.9. The van der Waals surface area contributed by atoms with Gasteiger partial charge in [-0.2, -0.15) is 4.31 Å². The second-order valence-corrected chi connectivity index (χ2v) is 8.44. The standard InChI is InChI=1S/C17H26N2O3S/c1-13(2)14(3)18-17(20)15-8-7-9-16(12-15)23(21,22)19-10-5-4-6-11-19/h7-9,12-14H,4-6,10-11H2,1-3H3,(H,18,20)/t14-/m0/s1. The molecule has 1 heterocycles. The molecule has 2 rings (SSSR count). The molecule has 1 saturated heterocycles. The second-order valence-electron chi connectivity index (χ2n) is 6.50. The zero-order valence-electron chi connectivity index (χ0n) is 14.1. The third-order valence-electron chi connectivity index (χ3n) is 4.41. The molecule has 6 heteroatoms. The smallest absolute Gasteiger partial charge is 0.251 e. The summed E-state index contributed by atoms with van der Waals surface area (Å²) in [5, 5.41) is 2.91. The Morgan fingerprint density at radius 2 is 1.78 bits per heavy atom. The summed E-state index contributed by atoms with van der Waals surface area (Å²) in [5.74, 6) is 0.0844. The monoisotopic (exact) mass is 338 g/mol. The number of rotatable bonds is 5. The molecule has 23 heavy (non-hydrogen) atoms. The van der Waals surface area contributed by atoms with E-state index in [0.29, 0.717) is 24.6 Å². The fourth-order valence-electron chi connectivity index (χ4n) is 2.51. The van der Waals surface area contributed by atoms with Crippen LogP contribution < -0.4 is 5.32 Å². The van der Waals surface area contributed by atoms with Gasteiger partial charge in [-0.15, -0.1) is 0 Å². The van der Waals surface area contributed by atoms with Gasteiger partial charge in [-0.3, -0.25) is 4.79 Å². The van der Waals surface area contributed by atoms with E-state index in [4.69, 9.17) is 0 Å². The Morgan fingerprint density at radius 1 is 1.13 bits per heavy atom. The molecule has 5 nitrogen and oxygen atoms in total. The van der Waals surface area contributed by atoms with Crippen LogP contribution in [0.4, 0.5) is 0 Å². The highest BCUT2D eigenvalue weighted by Gasteiger charge is 2.26. The van der Waals surface area contributed by atoms with Crippen molar-refractivity contribution in [3.8, 4) is 0 Å². The van der Waals surface area contributed by atoms with Crippen molar-refractivity contribution in [3.05, 3.63) is 29.8 Å². The maximum Gasteiger partial charge on any atom is 0.251 e. The molecule has 0 spiro atoms. The lowest BCUT2D eigenvalue weighted by molar-refractivity contribution is 0.0930. The Bertz CT molecular complexity index is 650. The first kappa shape index (κ1) is 17.9. The van der Waals surface area contributed by atoms with E-state index in [2.05, 4.69) is 5.32 Å². The van der Waals surface area contributed by atoms with Crippen LogP contribution in [0.2, 0.25) is 0 Å². The van der Waals surface area contributed by atoms with Gasteiger partial charge in [0.15, 0.2) is 0 Å². The van der Waals surface area contributed by atoms with E-state index in [1.807, 2.05) is 20.8 Å². The highest BCUT2D eigenvalue weighted by molar-refractivity contribution is 7.89. The van der Waals surface area contributed by atoms with E-state index in [9.17, 15) is 13.2 Å². The molecule has 0 aromatic heterocycles. The van der Waals surface area contributed by atoms with Gasteiger partial charge in [0.1, 0.15) is 0 Å². The van der Waals surface area contributed by atoms with Crippen LogP contribution >= 0.6 is 0 Å². The van der Waals surface area contributed by atoms with E-state index >= 15 is 0 Å². The molecule has 1 aliphatic rings. The van der Waals surface area contributed by atoms with Crippen molar-refractivity contribution in [2.24, 2.45) is 5.92 Å². The normalized spacial score (nSPS) is 17.9. The molecule has 1 aromatic rings. The molecule has 0 bridgehead atoms. The SMILES string of the molecule is CC(C)[C@H](C)NC(=O)c1cccc(S(=O)(=O)N2CCCCC2)c1. The Morgan fingerprint density at radius 3 is 2.39 bits per heavy atom. The fourth-order valence-corrected chi connectivity index (χ4v) is 4.07. The first-order valence-electron chi connectivity index (χ1n) is 8.23. The van der Waals surface area contributed by atoms with Gasteiger partial charge >= 0.3 is 0 Å². The van der Waals surface area contributed by atoms with Gasteiger partial charge in [0.25, 0.3) is 5.91 Å². The average molecular weight is 338 g/mol. The molecular formula is C17H26N2O3S. The molecule has 128 valence electrons. The minimum Gasteiger partial charge on any atom is -0.349 e. The quantitative estimate of drug-likeness (QED) is 0.897. The first-order valence-corrected chi connectivity index (χ1v) is 9.67. The Labute approximate surface area is 139 Å². The van der Waals surface area contributed by atoms with Crippen LogP contribution in [-0.2, 0) is 10.0 Å². The van der Waals surface area contributed by atoms with E-state index in [1.54, 1.807) is 18.2 Å². The van der Waals surface area contributed by atoms with Crippen molar-refractivity contribution in [3.63, 3.8) is 0 Å². The summed E-state index contributed by atoms with van der Waals surface area (Å²) in [6, 6.07) is 6.35.